The van der Waals surface area contributed by atoms with Crippen LogP contribution in [0, 0.1) is 0 Å². The number of imidazole rings is 1. The van der Waals surface area contributed by atoms with Crippen LogP contribution in [-0.4, -0.2) is 27.0 Å². The molecule has 0 aliphatic rings. The maximum Gasteiger partial charge on any atom is 0.254 e. The summed E-state index contributed by atoms with van der Waals surface area (Å²) in [5, 5.41) is 2.84. The first-order valence-corrected chi connectivity index (χ1v) is 6.32. The second kappa shape index (κ2) is 5.77. The molecule has 94 valence electrons. The average Bonchev–Trinajstić information content (AvgIpc) is 2.75. The highest BCUT2D eigenvalue weighted by atomic mass is 79.9. The lowest BCUT2D eigenvalue weighted by atomic mass is 10.2. The molecule has 0 spiro atoms. The van der Waals surface area contributed by atoms with E-state index in [2.05, 4.69) is 31.2 Å². The van der Waals surface area contributed by atoms with Gasteiger partial charge in [0.1, 0.15) is 10.4 Å². The summed E-state index contributed by atoms with van der Waals surface area (Å²) in [6.07, 6.45) is 5.96. The Kier molecular flexibility index (Phi) is 4.09. The van der Waals surface area contributed by atoms with Crippen LogP contribution >= 0.6 is 15.9 Å². The van der Waals surface area contributed by atoms with Crippen LogP contribution in [0.2, 0.25) is 0 Å². The van der Waals surface area contributed by atoms with E-state index in [4.69, 9.17) is 0 Å². The zero-order chi connectivity index (χ0) is 13.0. The van der Waals surface area contributed by atoms with Crippen LogP contribution in [-0.2, 0) is 13.5 Å². The molecule has 0 aromatic carbocycles. The highest BCUT2D eigenvalue weighted by Gasteiger charge is 2.09. The van der Waals surface area contributed by atoms with Crippen LogP contribution in [0.25, 0.3) is 0 Å². The van der Waals surface area contributed by atoms with Crippen molar-refractivity contribution in [2.75, 3.05) is 6.54 Å². The molecule has 0 saturated carbocycles. The smallest absolute Gasteiger partial charge is 0.254 e. The Hall–Kier alpha value is -1.69. The third-order valence-electron chi connectivity index (χ3n) is 2.56. The van der Waals surface area contributed by atoms with Gasteiger partial charge in [-0.3, -0.25) is 4.79 Å². The third kappa shape index (κ3) is 2.95. The minimum Gasteiger partial charge on any atom is -0.352 e. The van der Waals surface area contributed by atoms with Gasteiger partial charge in [0.15, 0.2) is 0 Å². The Morgan fingerprint density at radius 2 is 2.28 bits per heavy atom. The van der Waals surface area contributed by atoms with Crippen LogP contribution < -0.4 is 5.32 Å². The normalized spacial score (nSPS) is 10.3. The van der Waals surface area contributed by atoms with Gasteiger partial charge in [-0.15, -0.1) is 0 Å². The molecule has 1 amide bonds. The van der Waals surface area contributed by atoms with E-state index >= 15 is 0 Å². The van der Waals surface area contributed by atoms with Gasteiger partial charge < -0.3 is 9.88 Å². The van der Waals surface area contributed by atoms with Crippen LogP contribution in [0.3, 0.4) is 0 Å². The van der Waals surface area contributed by atoms with Gasteiger partial charge in [-0.1, -0.05) is 0 Å². The third-order valence-corrected chi connectivity index (χ3v) is 3.19. The summed E-state index contributed by atoms with van der Waals surface area (Å²) in [7, 11) is 1.93. The van der Waals surface area contributed by atoms with Gasteiger partial charge in [-0.05, 0) is 28.1 Å². The summed E-state index contributed by atoms with van der Waals surface area (Å²) in [5.74, 6) is 0.810. The molecule has 0 bridgehead atoms. The molecule has 2 aromatic rings. The van der Waals surface area contributed by atoms with Gasteiger partial charge in [-0.25, -0.2) is 9.97 Å². The summed E-state index contributed by atoms with van der Waals surface area (Å²) in [4.78, 5) is 20.1. The van der Waals surface area contributed by atoms with Gasteiger partial charge >= 0.3 is 0 Å². The molecule has 0 atom stereocenters. The fraction of sp³-hybridized carbons (Fsp3) is 0.250. The first-order chi connectivity index (χ1) is 8.68. The molecule has 1 N–H and O–H groups in total. The van der Waals surface area contributed by atoms with E-state index in [9.17, 15) is 4.79 Å². The van der Waals surface area contributed by atoms with E-state index in [1.807, 2.05) is 17.8 Å². The Morgan fingerprint density at radius 1 is 1.44 bits per heavy atom. The van der Waals surface area contributed by atoms with E-state index in [0.29, 0.717) is 23.1 Å². The summed E-state index contributed by atoms with van der Waals surface area (Å²) in [5.41, 5.74) is 0.539. The number of aromatic nitrogens is 3. The maximum atomic E-state index is 11.9. The van der Waals surface area contributed by atoms with E-state index in [0.717, 1.165) is 5.82 Å². The van der Waals surface area contributed by atoms with Crippen molar-refractivity contribution < 1.29 is 4.79 Å². The fourth-order valence-electron chi connectivity index (χ4n) is 1.58. The fourth-order valence-corrected chi connectivity index (χ4v) is 2.01. The highest BCUT2D eigenvalue weighted by Crippen LogP contribution is 2.11. The molecular weight excluding hydrogens is 296 g/mol. The summed E-state index contributed by atoms with van der Waals surface area (Å²) < 4.78 is 2.49. The lowest BCUT2D eigenvalue weighted by molar-refractivity contribution is 0.0952. The van der Waals surface area contributed by atoms with Crippen LogP contribution in [0.1, 0.15) is 16.2 Å². The van der Waals surface area contributed by atoms with E-state index in [1.54, 1.807) is 24.5 Å². The lowest BCUT2D eigenvalue weighted by Gasteiger charge is -2.06. The molecule has 0 radical (unpaired) electrons. The maximum absolute atomic E-state index is 11.9. The number of aryl methyl sites for hydroxylation is 1. The van der Waals surface area contributed by atoms with E-state index < -0.39 is 0 Å². The predicted molar refractivity (Wildman–Crippen MR) is 71.2 cm³/mol. The van der Waals surface area contributed by atoms with Gasteiger partial charge in [0.05, 0.1) is 5.56 Å². The number of hydrogen-bond acceptors (Lipinski definition) is 3. The molecule has 18 heavy (non-hydrogen) atoms. The van der Waals surface area contributed by atoms with Gasteiger partial charge in [0.25, 0.3) is 5.91 Å². The molecule has 0 unspecified atom stereocenters. The SMILES string of the molecule is Cn1ccnc1CCNC(=O)c1cccnc1Br. The average molecular weight is 309 g/mol. The van der Waals surface area contributed by atoms with E-state index in [-0.39, 0.29) is 5.91 Å². The number of pyridine rings is 1. The number of amides is 1. The van der Waals surface area contributed by atoms with Crippen molar-refractivity contribution in [1.29, 1.82) is 0 Å². The van der Waals surface area contributed by atoms with Crippen molar-refractivity contribution in [3.8, 4) is 0 Å². The predicted octanol–water partition coefficient (Wildman–Crippen LogP) is 1.55. The molecule has 5 nitrogen and oxygen atoms in total. The van der Waals surface area contributed by atoms with E-state index in [1.165, 1.54) is 0 Å². The van der Waals surface area contributed by atoms with Crippen LogP contribution in [0.15, 0.2) is 35.3 Å². The molecule has 2 rings (SSSR count). The number of carbonyl (C=O) groups is 1. The Balaban J connectivity index is 1.90. The van der Waals surface area contributed by atoms with Gasteiger partial charge in [0.2, 0.25) is 0 Å². The van der Waals surface area contributed by atoms with Crippen molar-refractivity contribution >= 4 is 21.8 Å². The molecular formula is C12H13BrN4O. The van der Waals surface area contributed by atoms with Crippen molar-refractivity contribution in [3.63, 3.8) is 0 Å². The second-order valence-corrected chi connectivity index (χ2v) is 4.55. The molecule has 2 aromatic heterocycles. The minimum atomic E-state index is -0.135. The number of nitrogens with one attached hydrogen (secondary N) is 1. The largest absolute Gasteiger partial charge is 0.352 e. The highest BCUT2D eigenvalue weighted by molar-refractivity contribution is 9.10. The van der Waals surface area contributed by atoms with Crippen LogP contribution in [0.5, 0.6) is 0 Å². The molecule has 0 aliphatic carbocycles. The summed E-state index contributed by atoms with van der Waals surface area (Å²) >= 11 is 3.25. The standard InChI is InChI=1S/C12H13BrN4O/c1-17-8-7-14-10(17)4-6-16-12(18)9-3-2-5-15-11(9)13/h2-3,5,7-8H,4,6H2,1H3,(H,16,18). The Morgan fingerprint density at radius 3 is 2.94 bits per heavy atom. The second-order valence-electron chi connectivity index (χ2n) is 3.80. The molecule has 6 heteroatoms. The molecule has 0 aliphatic heterocycles. The summed E-state index contributed by atoms with van der Waals surface area (Å²) in [6.45, 7) is 0.547. The number of halogens is 1. The minimum absolute atomic E-state index is 0.135. The van der Waals surface area contributed by atoms with Crippen molar-refractivity contribution in [2.45, 2.75) is 6.42 Å². The number of carbonyl (C=O) groups excluding carboxylic acids is 1. The monoisotopic (exact) mass is 308 g/mol. The van der Waals surface area contributed by atoms with Gasteiger partial charge in [0, 0.05) is 38.6 Å². The Labute approximate surface area is 113 Å². The zero-order valence-electron chi connectivity index (χ0n) is 9.93. The number of hydrogen-bond donors (Lipinski definition) is 1. The number of nitrogens with zero attached hydrogens (tertiary/aromatic N) is 3. The molecule has 2 heterocycles. The van der Waals surface area contributed by atoms with Crippen molar-refractivity contribution in [3.05, 3.63) is 46.7 Å². The summed E-state index contributed by atoms with van der Waals surface area (Å²) in [6, 6.07) is 3.46. The first-order valence-electron chi connectivity index (χ1n) is 5.53. The van der Waals surface area contributed by atoms with Crippen molar-refractivity contribution in [2.24, 2.45) is 7.05 Å². The number of rotatable bonds is 4. The first kappa shape index (κ1) is 12.8. The topological polar surface area (TPSA) is 59.8 Å². The quantitative estimate of drug-likeness (QED) is 0.872. The van der Waals surface area contributed by atoms with Crippen molar-refractivity contribution in [1.82, 2.24) is 19.9 Å². The van der Waals surface area contributed by atoms with Gasteiger partial charge in [-0.2, -0.15) is 0 Å². The lowest BCUT2D eigenvalue weighted by Crippen LogP contribution is -2.26. The zero-order valence-corrected chi connectivity index (χ0v) is 11.5. The Bertz CT molecular complexity index is 553. The molecule has 0 fully saturated rings. The van der Waals surface area contributed by atoms with Crippen LogP contribution in [0.4, 0.5) is 0 Å². The molecule has 0 saturated heterocycles.